The van der Waals surface area contributed by atoms with E-state index in [1.54, 1.807) is 13.2 Å². The van der Waals surface area contributed by atoms with Crippen LogP contribution in [-0.2, 0) is 26.1 Å². The van der Waals surface area contributed by atoms with Crippen molar-refractivity contribution in [2.75, 3.05) is 6.61 Å². The molecule has 2 heterocycles. The summed E-state index contributed by atoms with van der Waals surface area (Å²) >= 11 is 0. The van der Waals surface area contributed by atoms with Crippen molar-refractivity contribution < 1.29 is 30.5 Å². The van der Waals surface area contributed by atoms with Crippen LogP contribution in [0.2, 0.25) is 0 Å². The van der Waals surface area contributed by atoms with Gasteiger partial charge in [-0.1, -0.05) is 46.0 Å². The first-order valence-corrected chi connectivity index (χ1v) is 10.3. The number of halogens is 3. The number of nitrogens with zero attached hydrogens (tertiary/aromatic N) is 2. The minimum absolute atomic E-state index is 0.0495. The molecule has 156 valence electrons. The second-order valence-electron chi connectivity index (χ2n) is 6.17. The molecule has 0 N–H and O–H groups in total. The Bertz CT molecular complexity index is 695. The van der Waals surface area contributed by atoms with E-state index in [-0.39, 0.29) is 18.8 Å². The average Bonchev–Trinajstić information content (AvgIpc) is 3.01. The molecule has 0 bridgehead atoms. The van der Waals surface area contributed by atoms with Gasteiger partial charge < -0.3 is 8.92 Å². The van der Waals surface area contributed by atoms with Crippen LogP contribution >= 0.6 is 0 Å². The first-order valence-electron chi connectivity index (χ1n) is 8.92. The summed E-state index contributed by atoms with van der Waals surface area (Å²) in [5, 5.41) is 3.90. The van der Waals surface area contributed by atoms with Gasteiger partial charge in [-0.25, -0.2) is 0 Å². The summed E-state index contributed by atoms with van der Waals surface area (Å²) in [7, 11) is -3.97. The van der Waals surface area contributed by atoms with Crippen LogP contribution in [0.1, 0.15) is 64.0 Å². The van der Waals surface area contributed by atoms with Crippen LogP contribution in [0.25, 0.3) is 0 Å². The lowest BCUT2D eigenvalue weighted by atomic mass is 10.1. The van der Waals surface area contributed by atoms with E-state index in [0.29, 0.717) is 5.56 Å². The molecule has 1 aromatic heterocycles. The summed E-state index contributed by atoms with van der Waals surface area (Å²) in [6.07, 6.45) is 10.6. The van der Waals surface area contributed by atoms with Crippen LogP contribution in [-0.4, -0.2) is 30.3 Å². The van der Waals surface area contributed by atoms with E-state index >= 15 is 0 Å². The van der Waals surface area contributed by atoms with Crippen molar-refractivity contribution in [2.24, 2.45) is 7.05 Å². The van der Waals surface area contributed by atoms with Gasteiger partial charge in [0.2, 0.25) is 0 Å². The molecule has 2 rings (SSSR count). The number of ether oxygens (including phenoxy) is 1. The maximum absolute atomic E-state index is 12.2. The van der Waals surface area contributed by atoms with Crippen LogP contribution in [0.4, 0.5) is 13.2 Å². The van der Waals surface area contributed by atoms with Gasteiger partial charge in [0, 0.05) is 25.2 Å². The molecule has 0 saturated carbocycles. The number of aromatic nitrogens is 2. The zero-order chi connectivity index (χ0) is 20.5. The number of unbranched alkanes of at least 4 members (excludes halogenated alkanes) is 4. The van der Waals surface area contributed by atoms with Crippen molar-refractivity contribution in [1.82, 2.24) is 9.78 Å². The van der Waals surface area contributed by atoms with Gasteiger partial charge >= 0.3 is 15.6 Å². The van der Waals surface area contributed by atoms with E-state index in [2.05, 4.69) is 23.1 Å². The fourth-order valence-electron chi connectivity index (χ4n) is 2.30. The Balaban J connectivity index is 0.000000445. The van der Waals surface area contributed by atoms with Gasteiger partial charge in [-0.3, -0.25) is 4.68 Å². The third-order valence-electron chi connectivity index (χ3n) is 3.74. The molecule has 27 heavy (non-hydrogen) atoms. The Morgan fingerprint density at radius 2 is 1.89 bits per heavy atom. The Morgan fingerprint density at radius 1 is 1.26 bits per heavy atom. The van der Waals surface area contributed by atoms with Gasteiger partial charge in [-0.15, -0.1) is 0 Å². The maximum atomic E-state index is 12.2. The summed E-state index contributed by atoms with van der Waals surface area (Å²) in [4.78, 5) is 0. The van der Waals surface area contributed by atoms with Crippen molar-refractivity contribution in [3.05, 3.63) is 29.8 Å². The molecule has 6 nitrogen and oxygen atoms in total. The molecule has 0 spiro atoms. The van der Waals surface area contributed by atoms with Gasteiger partial charge in [0.15, 0.2) is 0 Å². The lowest BCUT2D eigenvalue weighted by molar-refractivity contribution is -0.0530. The largest absolute Gasteiger partial charge is 0.534 e. The summed E-state index contributed by atoms with van der Waals surface area (Å²) in [6, 6.07) is 0. The second-order valence-corrected chi connectivity index (χ2v) is 7.70. The Hall–Kier alpha value is -1.55. The van der Waals surface area contributed by atoms with Crippen molar-refractivity contribution in [3.8, 4) is 0 Å². The minimum Gasteiger partial charge on any atom is -0.381 e. The van der Waals surface area contributed by atoms with E-state index in [0.717, 1.165) is 0 Å². The summed E-state index contributed by atoms with van der Waals surface area (Å²) in [5.74, 6) is -0.289. The van der Waals surface area contributed by atoms with Crippen LogP contribution < -0.4 is 0 Å². The molecule has 1 aliphatic heterocycles. The fourth-order valence-corrected chi connectivity index (χ4v) is 2.82. The van der Waals surface area contributed by atoms with Gasteiger partial charge in [0.25, 0.3) is 0 Å². The first-order chi connectivity index (χ1) is 12.6. The minimum atomic E-state index is -5.64. The predicted octanol–water partition coefficient (Wildman–Crippen LogP) is 4.61. The zero-order valence-electron chi connectivity index (χ0n) is 15.8. The molecule has 10 heteroatoms. The Kier molecular flexibility index (Phi) is 9.31. The van der Waals surface area contributed by atoms with Crippen molar-refractivity contribution in [3.63, 3.8) is 0 Å². The number of alkyl halides is 3. The third-order valence-corrected chi connectivity index (χ3v) is 4.74. The van der Waals surface area contributed by atoms with E-state index in [4.69, 9.17) is 4.74 Å². The third kappa shape index (κ3) is 7.92. The second kappa shape index (κ2) is 10.7. The molecule has 1 aliphatic rings. The smallest absolute Gasteiger partial charge is 0.381 e. The molecule has 0 amide bonds. The highest BCUT2D eigenvalue weighted by Gasteiger charge is 2.49. The molecule has 0 radical (unpaired) electrons. The Labute approximate surface area is 158 Å². The van der Waals surface area contributed by atoms with E-state index < -0.39 is 21.7 Å². The van der Waals surface area contributed by atoms with Gasteiger partial charge in [-0.2, -0.15) is 26.7 Å². The first kappa shape index (κ1) is 23.5. The van der Waals surface area contributed by atoms with Crippen LogP contribution in [0, 0.1) is 0 Å². The topological polar surface area (TPSA) is 70.4 Å². The highest BCUT2D eigenvalue weighted by molar-refractivity contribution is 7.87. The number of hydrogen-bond acceptors (Lipinski definition) is 5. The van der Waals surface area contributed by atoms with Gasteiger partial charge in [0.1, 0.15) is 11.9 Å². The highest BCUT2D eigenvalue weighted by Crippen LogP contribution is 2.31. The Morgan fingerprint density at radius 3 is 2.37 bits per heavy atom. The molecule has 1 unspecified atom stereocenters. The van der Waals surface area contributed by atoms with E-state index in [1.807, 2.05) is 0 Å². The predicted molar refractivity (Wildman–Crippen MR) is 95.1 cm³/mol. The number of hydrogen-bond donors (Lipinski definition) is 0. The lowest BCUT2D eigenvalue weighted by Crippen LogP contribution is -2.26. The van der Waals surface area contributed by atoms with Crippen LogP contribution in [0.3, 0.4) is 0 Å². The SMILES string of the molecule is CCCCCCC.Cn1cc(C2C=C(OS(=O)(=O)C(F)(F)F)CCO2)cn1. The molecule has 0 fully saturated rings. The number of rotatable bonds is 7. The molecular formula is C17H27F3N2O4S. The van der Waals surface area contributed by atoms with Crippen LogP contribution in [0.5, 0.6) is 0 Å². The lowest BCUT2D eigenvalue weighted by Gasteiger charge is -2.21. The van der Waals surface area contributed by atoms with E-state index in [9.17, 15) is 21.6 Å². The molecule has 0 aliphatic carbocycles. The molecule has 0 aromatic carbocycles. The number of aryl methyl sites for hydroxylation is 1. The average molecular weight is 412 g/mol. The normalized spacial score (nSPS) is 17.7. The summed E-state index contributed by atoms with van der Waals surface area (Å²) in [6.45, 7) is 4.55. The van der Waals surface area contributed by atoms with Crippen molar-refractivity contribution in [1.29, 1.82) is 0 Å². The molecular weight excluding hydrogens is 385 g/mol. The fraction of sp³-hybridized carbons (Fsp3) is 0.706. The molecule has 1 atom stereocenters. The standard InChI is InChI=1S/C10H11F3N2O4S.C7H16/c1-15-6-7(5-14-15)9-4-8(2-3-18-9)19-20(16,17)10(11,12)13;1-3-5-7-6-4-2/h4-6,9H,2-3H2,1H3;3-7H2,1-2H3. The van der Waals surface area contributed by atoms with Crippen molar-refractivity contribution in [2.45, 2.75) is 64.0 Å². The highest BCUT2D eigenvalue weighted by atomic mass is 32.2. The van der Waals surface area contributed by atoms with Gasteiger partial charge in [-0.05, 0) is 6.08 Å². The summed E-state index contributed by atoms with van der Waals surface area (Å²) < 4.78 is 69.4. The van der Waals surface area contributed by atoms with Gasteiger partial charge in [0.05, 0.1) is 12.8 Å². The monoisotopic (exact) mass is 412 g/mol. The summed E-state index contributed by atoms with van der Waals surface area (Å²) in [5.41, 5.74) is -4.85. The quantitative estimate of drug-likeness (QED) is 0.372. The van der Waals surface area contributed by atoms with Crippen LogP contribution in [0.15, 0.2) is 24.2 Å². The molecule has 0 saturated heterocycles. The zero-order valence-corrected chi connectivity index (χ0v) is 16.6. The maximum Gasteiger partial charge on any atom is 0.534 e. The molecule has 1 aromatic rings. The van der Waals surface area contributed by atoms with E-state index in [1.165, 1.54) is 49.1 Å². The van der Waals surface area contributed by atoms with Crippen molar-refractivity contribution >= 4 is 10.1 Å².